The van der Waals surface area contributed by atoms with Gasteiger partial charge in [0.05, 0.1) is 19.9 Å². The molecule has 2 aromatic carbocycles. The first-order valence-electron chi connectivity index (χ1n) is 11.0. The Morgan fingerprint density at radius 2 is 1.82 bits per heavy atom. The molecule has 1 heterocycles. The molecular weight excluding hydrogens is 454 g/mol. The number of hydrogen-bond donors (Lipinski definition) is 1. The van der Waals surface area contributed by atoms with Gasteiger partial charge in [-0.05, 0) is 55.7 Å². The normalized spacial score (nSPS) is 16.7. The summed E-state index contributed by atoms with van der Waals surface area (Å²) >= 11 is 1.32. The largest absolute Gasteiger partial charge is 0.493 e. The number of carbonyl (C=O) groups excluding carboxylic acids is 2. The van der Waals surface area contributed by atoms with Gasteiger partial charge in [0.1, 0.15) is 5.25 Å². The van der Waals surface area contributed by atoms with Crippen LogP contribution in [-0.4, -0.2) is 61.6 Å². The third kappa shape index (κ3) is 6.30. The van der Waals surface area contributed by atoms with Crippen LogP contribution in [0.2, 0.25) is 0 Å². The second-order valence-corrected chi connectivity index (χ2v) is 9.10. The smallest absolute Gasteiger partial charge is 0.242 e. The van der Waals surface area contributed by atoms with E-state index < -0.39 is 5.25 Å². The number of benzene rings is 2. The van der Waals surface area contributed by atoms with Gasteiger partial charge in [-0.1, -0.05) is 17.8 Å². The van der Waals surface area contributed by atoms with Gasteiger partial charge in [0.2, 0.25) is 11.8 Å². The highest BCUT2D eigenvalue weighted by Gasteiger charge is 2.39. The summed E-state index contributed by atoms with van der Waals surface area (Å²) < 4.78 is 15.7. The van der Waals surface area contributed by atoms with Gasteiger partial charge < -0.3 is 19.5 Å². The molecule has 1 aliphatic rings. The van der Waals surface area contributed by atoms with E-state index in [-0.39, 0.29) is 18.2 Å². The van der Waals surface area contributed by atoms with E-state index in [9.17, 15) is 9.59 Å². The maximum absolute atomic E-state index is 13.2. The van der Waals surface area contributed by atoms with Crippen molar-refractivity contribution in [2.75, 3.05) is 39.8 Å². The highest BCUT2D eigenvalue weighted by Crippen LogP contribution is 2.33. The summed E-state index contributed by atoms with van der Waals surface area (Å²) in [6.45, 7) is 5.10. The Morgan fingerprint density at radius 3 is 2.50 bits per heavy atom. The lowest BCUT2D eigenvalue weighted by atomic mass is 10.1. The zero-order valence-electron chi connectivity index (χ0n) is 20.2. The van der Waals surface area contributed by atoms with Crippen LogP contribution in [0.15, 0.2) is 41.4 Å². The van der Waals surface area contributed by atoms with E-state index in [1.165, 1.54) is 24.4 Å². The second-order valence-electron chi connectivity index (χ2n) is 7.93. The number of nitrogens with zero attached hydrogens (tertiary/aromatic N) is 2. The SMILES string of the molecule is COCCCN1C(=O)C(CC(=O)Nc2ccc(OC)c(OC)c2)SC1=Nc1ccc(C)c(C)c1. The Bertz CT molecular complexity index is 1070. The lowest BCUT2D eigenvalue weighted by Gasteiger charge is -2.16. The molecule has 1 fully saturated rings. The van der Waals surface area contributed by atoms with E-state index in [0.29, 0.717) is 41.9 Å². The van der Waals surface area contributed by atoms with Crippen molar-refractivity contribution in [2.45, 2.75) is 31.9 Å². The number of carbonyl (C=O) groups is 2. The van der Waals surface area contributed by atoms with Crippen molar-refractivity contribution in [1.29, 1.82) is 0 Å². The number of thioether (sulfide) groups is 1. The molecule has 9 heteroatoms. The molecule has 0 aromatic heterocycles. The van der Waals surface area contributed by atoms with Crippen LogP contribution in [0.3, 0.4) is 0 Å². The maximum Gasteiger partial charge on any atom is 0.242 e. The number of amidine groups is 1. The van der Waals surface area contributed by atoms with Gasteiger partial charge in [0.15, 0.2) is 16.7 Å². The quantitative estimate of drug-likeness (QED) is 0.504. The highest BCUT2D eigenvalue weighted by molar-refractivity contribution is 8.15. The molecule has 2 amide bonds. The van der Waals surface area contributed by atoms with Gasteiger partial charge in [0, 0.05) is 38.4 Å². The van der Waals surface area contributed by atoms with Crippen LogP contribution in [0.5, 0.6) is 11.5 Å². The monoisotopic (exact) mass is 485 g/mol. The predicted octanol–water partition coefficient (Wildman–Crippen LogP) is 4.32. The summed E-state index contributed by atoms with van der Waals surface area (Å²) in [5, 5.41) is 2.90. The Hall–Kier alpha value is -3.04. The molecule has 3 rings (SSSR count). The number of anilines is 1. The van der Waals surface area contributed by atoms with E-state index in [1.807, 2.05) is 32.0 Å². The molecule has 1 unspecified atom stereocenters. The van der Waals surface area contributed by atoms with Crippen molar-refractivity contribution in [3.8, 4) is 11.5 Å². The van der Waals surface area contributed by atoms with Crippen LogP contribution >= 0.6 is 11.8 Å². The lowest BCUT2D eigenvalue weighted by Crippen LogP contribution is -2.34. The third-order valence-corrected chi connectivity index (χ3v) is 6.68. The standard InChI is InChI=1S/C25H31N3O5S/c1-16-7-8-18(13-17(16)2)27-25-28(11-6-12-31-3)24(30)22(34-25)15-23(29)26-19-9-10-20(32-4)21(14-19)33-5/h7-10,13-14,22H,6,11-12,15H2,1-5H3,(H,26,29). The number of methoxy groups -OCH3 is 3. The molecule has 8 nitrogen and oxygen atoms in total. The summed E-state index contributed by atoms with van der Waals surface area (Å²) in [4.78, 5) is 32.3. The second kappa shape index (κ2) is 11.9. The molecule has 0 radical (unpaired) electrons. The topological polar surface area (TPSA) is 89.5 Å². The van der Waals surface area contributed by atoms with Crippen LogP contribution < -0.4 is 14.8 Å². The van der Waals surface area contributed by atoms with Crippen molar-refractivity contribution in [3.05, 3.63) is 47.5 Å². The van der Waals surface area contributed by atoms with Crippen LogP contribution in [0.25, 0.3) is 0 Å². The van der Waals surface area contributed by atoms with Crippen LogP contribution in [0, 0.1) is 13.8 Å². The highest BCUT2D eigenvalue weighted by atomic mass is 32.2. The van der Waals surface area contributed by atoms with Crippen molar-refractivity contribution >= 4 is 40.1 Å². The molecule has 0 aliphatic carbocycles. The summed E-state index contributed by atoms with van der Waals surface area (Å²) in [6, 6.07) is 11.1. The molecule has 0 bridgehead atoms. The van der Waals surface area contributed by atoms with Crippen LogP contribution in [-0.2, 0) is 14.3 Å². The Labute approximate surface area is 204 Å². The van der Waals surface area contributed by atoms with Crippen LogP contribution in [0.1, 0.15) is 24.0 Å². The molecule has 0 spiro atoms. The Morgan fingerprint density at radius 1 is 1.06 bits per heavy atom. The molecule has 1 N–H and O–H groups in total. The number of aliphatic imine (C=N–C) groups is 1. The zero-order chi connectivity index (χ0) is 24.7. The number of rotatable bonds is 10. The van der Waals surface area contributed by atoms with Gasteiger partial charge in [0.25, 0.3) is 0 Å². The minimum absolute atomic E-state index is 0.0323. The maximum atomic E-state index is 13.2. The predicted molar refractivity (Wildman–Crippen MR) is 135 cm³/mol. The first kappa shape index (κ1) is 25.6. The van der Waals surface area contributed by atoms with Crippen molar-refractivity contribution in [3.63, 3.8) is 0 Å². The Balaban J connectivity index is 1.74. The average molecular weight is 486 g/mol. The third-order valence-electron chi connectivity index (χ3n) is 5.50. The van der Waals surface area contributed by atoms with Gasteiger partial charge in [-0.25, -0.2) is 4.99 Å². The number of ether oxygens (including phenoxy) is 3. The fourth-order valence-electron chi connectivity index (χ4n) is 3.50. The van der Waals surface area contributed by atoms with Gasteiger partial charge in [-0.15, -0.1) is 0 Å². The fraction of sp³-hybridized carbons (Fsp3) is 0.400. The van der Waals surface area contributed by atoms with Crippen molar-refractivity contribution < 1.29 is 23.8 Å². The molecule has 34 heavy (non-hydrogen) atoms. The summed E-state index contributed by atoms with van der Waals surface area (Å²) in [5.74, 6) is 0.702. The van der Waals surface area contributed by atoms with Gasteiger partial charge in [-0.2, -0.15) is 0 Å². The van der Waals surface area contributed by atoms with E-state index >= 15 is 0 Å². The molecule has 182 valence electrons. The fourth-order valence-corrected chi connectivity index (χ4v) is 4.68. The number of nitrogens with one attached hydrogen (secondary N) is 1. The van der Waals surface area contributed by atoms with Crippen molar-refractivity contribution in [1.82, 2.24) is 4.90 Å². The molecule has 1 saturated heterocycles. The molecular formula is C25H31N3O5S. The number of amides is 2. The molecule has 1 atom stereocenters. The van der Waals surface area contributed by atoms with E-state index in [2.05, 4.69) is 5.32 Å². The zero-order valence-corrected chi connectivity index (χ0v) is 21.0. The molecule has 0 saturated carbocycles. The minimum atomic E-state index is -0.548. The first-order chi connectivity index (χ1) is 16.4. The summed E-state index contributed by atoms with van der Waals surface area (Å²) in [6.07, 6.45) is 0.712. The number of aryl methyl sites for hydroxylation is 2. The van der Waals surface area contributed by atoms with E-state index in [0.717, 1.165) is 11.3 Å². The Kier molecular flexibility index (Phi) is 8.95. The van der Waals surface area contributed by atoms with Crippen LogP contribution in [0.4, 0.5) is 11.4 Å². The molecule has 1 aliphatic heterocycles. The average Bonchev–Trinajstić information content (AvgIpc) is 3.10. The van der Waals surface area contributed by atoms with Crippen molar-refractivity contribution in [2.24, 2.45) is 4.99 Å². The summed E-state index contributed by atoms with van der Waals surface area (Å²) in [5.41, 5.74) is 3.67. The van der Waals surface area contributed by atoms with Gasteiger partial charge >= 0.3 is 0 Å². The van der Waals surface area contributed by atoms with Gasteiger partial charge in [-0.3, -0.25) is 14.5 Å². The first-order valence-corrected chi connectivity index (χ1v) is 11.9. The minimum Gasteiger partial charge on any atom is -0.493 e. The van der Waals surface area contributed by atoms with E-state index in [1.54, 1.807) is 37.3 Å². The molecule has 2 aromatic rings. The lowest BCUT2D eigenvalue weighted by molar-refractivity contribution is -0.128. The number of hydrogen-bond acceptors (Lipinski definition) is 7. The van der Waals surface area contributed by atoms with E-state index in [4.69, 9.17) is 19.2 Å². The summed E-state index contributed by atoms with van der Waals surface area (Å²) in [7, 11) is 4.71.